The third kappa shape index (κ3) is 3.67. The maximum atomic E-state index is 12.6. The van der Waals surface area contributed by atoms with Gasteiger partial charge in [0, 0.05) is 36.5 Å². The van der Waals surface area contributed by atoms with Gasteiger partial charge in [-0.2, -0.15) is 4.98 Å². The van der Waals surface area contributed by atoms with E-state index in [1.54, 1.807) is 0 Å². The zero-order valence-corrected chi connectivity index (χ0v) is 12.9. The first-order chi connectivity index (χ1) is 10.1. The van der Waals surface area contributed by atoms with E-state index in [2.05, 4.69) is 9.97 Å². The molecule has 22 heavy (non-hydrogen) atoms. The zero-order valence-electron chi connectivity index (χ0n) is 12.0. The third-order valence-corrected chi connectivity index (χ3v) is 4.54. The van der Waals surface area contributed by atoms with E-state index in [9.17, 15) is 4.55 Å². The van der Waals surface area contributed by atoms with E-state index in [0.29, 0.717) is 10.9 Å². The summed E-state index contributed by atoms with van der Waals surface area (Å²) in [5, 5.41) is 0.532. The Morgan fingerprint density at radius 1 is 1.09 bits per heavy atom. The van der Waals surface area contributed by atoms with Crippen molar-refractivity contribution in [2.75, 3.05) is 19.0 Å². The molecule has 0 bridgehead atoms. The Morgan fingerprint density at radius 3 is 2.50 bits per heavy atom. The van der Waals surface area contributed by atoms with Crippen LogP contribution in [0.1, 0.15) is 5.56 Å². The molecular weight excluding hydrogens is 305 g/mol. The van der Waals surface area contributed by atoms with Crippen LogP contribution < -0.4 is 4.90 Å². The summed E-state index contributed by atoms with van der Waals surface area (Å²) in [6.45, 7) is 0. The molecule has 0 saturated heterocycles. The summed E-state index contributed by atoms with van der Waals surface area (Å²) in [5.41, 5.74) is 3.91. The Hall–Kier alpha value is -0.980. The van der Waals surface area contributed by atoms with Gasteiger partial charge in [0.1, 0.15) is 5.75 Å². The second kappa shape index (κ2) is 7.53. The van der Waals surface area contributed by atoms with Crippen molar-refractivity contribution >= 4 is 57.5 Å². The summed E-state index contributed by atoms with van der Waals surface area (Å²) < 4.78 is 12.6. The van der Waals surface area contributed by atoms with Gasteiger partial charge in [-0.15, -0.1) is 0 Å². The van der Waals surface area contributed by atoms with E-state index in [-0.39, 0.29) is 29.6 Å². The molecule has 2 aromatic carbocycles. The molecular formula is C16H18N3NaOS. The van der Waals surface area contributed by atoms with E-state index in [4.69, 9.17) is 0 Å². The van der Waals surface area contributed by atoms with Crippen LogP contribution in [0.3, 0.4) is 0 Å². The van der Waals surface area contributed by atoms with Crippen LogP contribution in [-0.2, 0) is 16.9 Å². The average molecular weight is 323 g/mol. The first-order valence-corrected chi connectivity index (χ1v) is 8.05. The molecule has 0 aliphatic heterocycles. The van der Waals surface area contributed by atoms with Crippen molar-refractivity contribution < 1.29 is 4.55 Å². The van der Waals surface area contributed by atoms with Crippen molar-refractivity contribution in [3.05, 3.63) is 54.1 Å². The number of fused-ring (bicyclic) bond motifs is 1. The Balaban J connectivity index is 0.00000176. The predicted octanol–water partition coefficient (Wildman–Crippen LogP) is 2.29. The summed E-state index contributed by atoms with van der Waals surface area (Å²) in [4.78, 5) is 9.59. The van der Waals surface area contributed by atoms with Gasteiger partial charge in [-0.1, -0.05) is 30.3 Å². The number of imidazole rings is 1. The summed E-state index contributed by atoms with van der Waals surface area (Å²) in [7, 11) is 3.98. The standard InChI is InChI=1S/C16H17N3OS.Na.H/c1-19(2)15-10-6-3-7-12(15)11-21(20)16-17-13-8-4-5-9-14(13)18-16;;/h3-10H,11H2,1-2H3,(H,17,18);;. The number of aromatic amines is 1. The van der Waals surface area contributed by atoms with E-state index in [0.717, 1.165) is 22.3 Å². The first-order valence-electron chi connectivity index (χ1n) is 6.73. The number of nitrogens with zero attached hydrogens (tertiary/aromatic N) is 2. The average Bonchev–Trinajstić information content (AvgIpc) is 2.91. The number of H-pyrrole nitrogens is 1. The molecule has 0 aliphatic rings. The Kier molecular flexibility index (Phi) is 5.94. The molecule has 1 atom stereocenters. The van der Waals surface area contributed by atoms with Crippen molar-refractivity contribution in [2.45, 2.75) is 10.9 Å². The van der Waals surface area contributed by atoms with Gasteiger partial charge < -0.3 is 9.45 Å². The minimum atomic E-state index is -1.19. The quantitative estimate of drug-likeness (QED) is 0.592. The van der Waals surface area contributed by atoms with Crippen LogP contribution in [0.2, 0.25) is 0 Å². The fourth-order valence-electron chi connectivity index (χ4n) is 2.32. The first kappa shape index (κ1) is 17.4. The fraction of sp³-hybridized carbons (Fsp3) is 0.188. The van der Waals surface area contributed by atoms with Crippen LogP contribution in [0.4, 0.5) is 5.69 Å². The van der Waals surface area contributed by atoms with Crippen molar-refractivity contribution in [3.8, 4) is 0 Å². The molecule has 0 spiro atoms. The van der Waals surface area contributed by atoms with Gasteiger partial charge in [0.05, 0.1) is 11.0 Å². The number of anilines is 1. The normalized spacial score (nSPS) is 12.0. The van der Waals surface area contributed by atoms with E-state index in [1.807, 2.05) is 67.5 Å². The number of para-hydroxylation sites is 3. The number of aromatic nitrogens is 2. The van der Waals surface area contributed by atoms with Crippen LogP contribution in [0.15, 0.2) is 53.7 Å². The van der Waals surface area contributed by atoms with Crippen molar-refractivity contribution in [2.24, 2.45) is 0 Å². The summed E-state index contributed by atoms with van der Waals surface area (Å²) in [5.74, 6) is 0.453. The summed E-state index contributed by atoms with van der Waals surface area (Å²) in [6.07, 6.45) is 0. The van der Waals surface area contributed by atoms with Gasteiger partial charge in [-0.25, -0.2) is 0 Å². The molecule has 6 heteroatoms. The van der Waals surface area contributed by atoms with Gasteiger partial charge in [0.15, 0.2) is 0 Å². The molecule has 4 nitrogen and oxygen atoms in total. The SMILES string of the molecule is CN(C)c1ccccc1C[S+]([O-])c1nc2ccccc2[nH]1.[NaH]. The maximum absolute atomic E-state index is 12.6. The van der Waals surface area contributed by atoms with E-state index >= 15 is 0 Å². The van der Waals surface area contributed by atoms with Crippen molar-refractivity contribution in [1.82, 2.24) is 9.97 Å². The Labute approximate surface area is 155 Å². The zero-order chi connectivity index (χ0) is 14.8. The molecule has 0 amide bonds. The molecule has 1 heterocycles. The summed E-state index contributed by atoms with van der Waals surface area (Å²) >= 11 is -1.19. The molecule has 1 unspecified atom stereocenters. The fourth-order valence-corrected chi connectivity index (χ4v) is 3.40. The van der Waals surface area contributed by atoms with E-state index in [1.165, 1.54) is 0 Å². The van der Waals surface area contributed by atoms with E-state index < -0.39 is 11.2 Å². The van der Waals surface area contributed by atoms with Crippen LogP contribution >= 0.6 is 0 Å². The van der Waals surface area contributed by atoms with Crippen LogP contribution in [0.25, 0.3) is 11.0 Å². The van der Waals surface area contributed by atoms with Gasteiger partial charge in [-0.05, 0) is 18.2 Å². The van der Waals surface area contributed by atoms with Crippen LogP contribution in [0.5, 0.6) is 0 Å². The molecule has 3 rings (SSSR count). The second-order valence-electron chi connectivity index (χ2n) is 5.07. The number of hydrogen-bond acceptors (Lipinski definition) is 3. The molecule has 1 aromatic heterocycles. The number of nitrogens with one attached hydrogen (secondary N) is 1. The second-order valence-corrected chi connectivity index (χ2v) is 6.44. The monoisotopic (exact) mass is 323 g/mol. The number of rotatable bonds is 4. The molecule has 0 aliphatic carbocycles. The third-order valence-electron chi connectivity index (χ3n) is 3.34. The summed E-state index contributed by atoms with van der Waals surface area (Å²) in [6, 6.07) is 15.7. The molecule has 0 radical (unpaired) electrons. The Bertz CT molecular complexity index is 727. The van der Waals surface area contributed by atoms with Gasteiger partial charge in [0.25, 0.3) is 0 Å². The van der Waals surface area contributed by atoms with Gasteiger partial charge >= 0.3 is 34.7 Å². The molecule has 0 fully saturated rings. The van der Waals surface area contributed by atoms with Gasteiger partial charge in [-0.3, -0.25) is 4.98 Å². The molecule has 110 valence electrons. The van der Waals surface area contributed by atoms with Crippen molar-refractivity contribution in [1.29, 1.82) is 0 Å². The molecule has 0 saturated carbocycles. The minimum absolute atomic E-state index is 0. The molecule has 3 aromatic rings. The van der Waals surface area contributed by atoms with Crippen LogP contribution in [0, 0.1) is 0 Å². The topological polar surface area (TPSA) is 55.0 Å². The Morgan fingerprint density at radius 2 is 1.77 bits per heavy atom. The van der Waals surface area contributed by atoms with Gasteiger partial charge in [0.2, 0.25) is 0 Å². The molecule has 1 N–H and O–H groups in total. The van der Waals surface area contributed by atoms with Crippen molar-refractivity contribution in [3.63, 3.8) is 0 Å². The van der Waals surface area contributed by atoms with Crippen LogP contribution in [-0.4, -0.2) is 58.2 Å². The number of benzene rings is 2. The number of hydrogen-bond donors (Lipinski definition) is 1. The predicted molar refractivity (Wildman–Crippen MR) is 94.1 cm³/mol.